The summed E-state index contributed by atoms with van der Waals surface area (Å²) in [5.74, 6) is 0.118. The average Bonchev–Trinajstić information content (AvgIpc) is 3.43. The van der Waals surface area contributed by atoms with Crippen molar-refractivity contribution in [1.29, 1.82) is 0 Å². The predicted molar refractivity (Wildman–Crippen MR) is 110 cm³/mol. The lowest BCUT2D eigenvalue weighted by atomic mass is 9.78. The molecule has 4 nitrogen and oxygen atoms in total. The minimum atomic E-state index is -0.420. The van der Waals surface area contributed by atoms with Crippen molar-refractivity contribution < 1.29 is 4.79 Å². The summed E-state index contributed by atoms with van der Waals surface area (Å²) in [6.07, 6.45) is 5.92. The molecule has 1 N–H and O–H groups in total. The van der Waals surface area contributed by atoms with Crippen molar-refractivity contribution >= 4 is 28.8 Å². The van der Waals surface area contributed by atoms with E-state index in [0.29, 0.717) is 18.1 Å². The van der Waals surface area contributed by atoms with E-state index >= 15 is 0 Å². The number of hydrogen-bond donors (Lipinski definition) is 1. The molecule has 0 radical (unpaired) electrons. The highest BCUT2D eigenvalue weighted by atomic mass is 35.5. The van der Waals surface area contributed by atoms with Crippen molar-refractivity contribution in [2.75, 3.05) is 6.54 Å². The SMILES string of the molecule is O=C(NCCn1ccc(-c2cccs2)n1)C1(c2ccc(Cl)cc2)CCCC1. The van der Waals surface area contributed by atoms with Gasteiger partial charge in [-0.05, 0) is 48.1 Å². The molecule has 0 spiro atoms. The van der Waals surface area contributed by atoms with Crippen LogP contribution in [0.4, 0.5) is 0 Å². The third-order valence-electron chi connectivity index (χ3n) is 5.33. The standard InChI is InChI=1S/C21H22ClN3OS/c22-17-7-5-16(6-8-17)21(10-1-2-11-21)20(26)23-12-14-25-13-9-18(24-25)19-4-3-15-27-19/h3-9,13,15H,1-2,10-12,14H2,(H,23,26). The van der Waals surface area contributed by atoms with Crippen LogP contribution in [0.15, 0.2) is 54.0 Å². The van der Waals surface area contributed by atoms with Gasteiger partial charge >= 0.3 is 0 Å². The van der Waals surface area contributed by atoms with E-state index in [1.807, 2.05) is 52.7 Å². The Hall–Kier alpha value is -2.11. The van der Waals surface area contributed by atoms with Crippen LogP contribution in [0, 0.1) is 0 Å². The Balaban J connectivity index is 1.40. The number of amides is 1. The van der Waals surface area contributed by atoms with Crippen molar-refractivity contribution in [2.24, 2.45) is 0 Å². The van der Waals surface area contributed by atoms with Gasteiger partial charge in [0, 0.05) is 17.8 Å². The van der Waals surface area contributed by atoms with Crippen LogP contribution >= 0.6 is 22.9 Å². The summed E-state index contributed by atoms with van der Waals surface area (Å²) in [4.78, 5) is 14.2. The van der Waals surface area contributed by atoms with Gasteiger partial charge in [-0.25, -0.2) is 0 Å². The van der Waals surface area contributed by atoms with E-state index in [-0.39, 0.29) is 5.91 Å². The van der Waals surface area contributed by atoms with E-state index in [9.17, 15) is 4.79 Å². The van der Waals surface area contributed by atoms with E-state index in [1.54, 1.807) is 11.3 Å². The molecule has 1 fully saturated rings. The maximum absolute atomic E-state index is 13.1. The second-order valence-corrected chi connectivity index (χ2v) is 8.38. The third-order valence-corrected chi connectivity index (χ3v) is 6.47. The molecule has 2 heterocycles. The van der Waals surface area contributed by atoms with Crippen molar-refractivity contribution in [3.63, 3.8) is 0 Å². The highest BCUT2D eigenvalue weighted by molar-refractivity contribution is 7.13. The largest absolute Gasteiger partial charge is 0.353 e. The predicted octanol–water partition coefficient (Wildman–Crippen LogP) is 4.89. The summed E-state index contributed by atoms with van der Waals surface area (Å²) in [6, 6.07) is 13.8. The number of carbonyl (C=O) groups excluding carboxylic acids is 1. The number of thiophene rings is 1. The molecular formula is C21H22ClN3OS. The first-order chi connectivity index (χ1) is 13.2. The highest BCUT2D eigenvalue weighted by Crippen LogP contribution is 2.41. The molecule has 0 unspecified atom stereocenters. The molecule has 1 aliphatic carbocycles. The van der Waals surface area contributed by atoms with Gasteiger partial charge in [-0.2, -0.15) is 5.10 Å². The van der Waals surface area contributed by atoms with Crippen LogP contribution in [0.1, 0.15) is 31.2 Å². The monoisotopic (exact) mass is 399 g/mol. The molecule has 1 saturated carbocycles. The lowest BCUT2D eigenvalue weighted by Gasteiger charge is -2.28. The van der Waals surface area contributed by atoms with Gasteiger partial charge in [-0.3, -0.25) is 9.48 Å². The third kappa shape index (κ3) is 3.80. The maximum atomic E-state index is 13.1. The lowest BCUT2D eigenvalue weighted by molar-refractivity contribution is -0.126. The quantitative estimate of drug-likeness (QED) is 0.641. The van der Waals surface area contributed by atoms with Crippen LogP contribution in [-0.4, -0.2) is 22.2 Å². The minimum absolute atomic E-state index is 0.118. The van der Waals surface area contributed by atoms with Crippen molar-refractivity contribution in [1.82, 2.24) is 15.1 Å². The first-order valence-corrected chi connectivity index (χ1v) is 10.5. The zero-order chi connectivity index (χ0) is 18.7. The number of nitrogens with zero attached hydrogens (tertiary/aromatic N) is 2. The van der Waals surface area contributed by atoms with E-state index in [4.69, 9.17) is 11.6 Å². The summed E-state index contributed by atoms with van der Waals surface area (Å²) < 4.78 is 1.89. The smallest absolute Gasteiger partial charge is 0.230 e. The fraction of sp³-hybridized carbons (Fsp3) is 0.333. The van der Waals surface area contributed by atoms with Crippen LogP contribution in [0.5, 0.6) is 0 Å². The Morgan fingerprint density at radius 2 is 1.96 bits per heavy atom. The van der Waals surface area contributed by atoms with Crippen molar-refractivity contribution in [3.05, 3.63) is 64.6 Å². The first-order valence-electron chi connectivity index (χ1n) is 9.29. The highest BCUT2D eigenvalue weighted by Gasteiger charge is 2.42. The fourth-order valence-electron chi connectivity index (χ4n) is 3.89. The van der Waals surface area contributed by atoms with E-state index in [1.165, 1.54) is 0 Å². The second-order valence-electron chi connectivity index (χ2n) is 6.99. The van der Waals surface area contributed by atoms with Crippen LogP contribution in [0.3, 0.4) is 0 Å². The number of nitrogens with one attached hydrogen (secondary N) is 1. The molecule has 3 aromatic rings. The zero-order valence-electron chi connectivity index (χ0n) is 15.0. The molecule has 4 rings (SSSR count). The van der Waals surface area contributed by atoms with Gasteiger partial charge in [0.15, 0.2) is 0 Å². The second kappa shape index (κ2) is 7.87. The van der Waals surface area contributed by atoms with Gasteiger partial charge in [0.25, 0.3) is 0 Å². The lowest BCUT2D eigenvalue weighted by Crippen LogP contribution is -2.43. The van der Waals surface area contributed by atoms with Crippen LogP contribution in [-0.2, 0) is 16.8 Å². The summed E-state index contributed by atoms with van der Waals surface area (Å²) in [7, 11) is 0. The van der Waals surface area contributed by atoms with Crippen molar-refractivity contribution in [2.45, 2.75) is 37.6 Å². The molecular weight excluding hydrogens is 378 g/mol. The summed E-state index contributed by atoms with van der Waals surface area (Å²) >= 11 is 7.70. The van der Waals surface area contributed by atoms with Gasteiger partial charge in [0.05, 0.1) is 16.8 Å². The molecule has 2 aromatic heterocycles. The van der Waals surface area contributed by atoms with E-state index in [0.717, 1.165) is 41.8 Å². The van der Waals surface area contributed by atoms with Crippen LogP contribution in [0.2, 0.25) is 5.02 Å². The van der Waals surface area contributed by atoms with Gasteiger partial charge < -0.3 is 5.32 Å². The zero-order valence-corrected chi connectivity index (χ0v) is 16.6. The Labute approximate surface area is 168 Å². The minimum Gasteiger partial charge on any atom is -0.353 e. The van der Waals surface area contributed by atoms with Crippen LogP contribution in [0.25, 0.3) is 10.6 Å². The van der Waals surface area contributed by atoms with E-state index < -0.39 is 5.41 Å². The molecule has 0 aliphatic heterocycles. The molecule has 0 bridgehead atoms. The first kappa shape index (κ1) is 18.3. The average molecular weight is 400 g/mol. The molecule has 0 saturated heterocycles. The van der Waals surface area contributed by atoms with Gasteiger partial charge in [-0.15, -0.1) is 11.3 Å². The van der Waals surface area contributed by atoms with E-state index in [2.05, 4.69) is 16.5 Å². The number of benzene rings is 1. The van der Waals surface area contributed by atoms with Gasteiger partial charge in [0.1, 0.15) is 5.69 Å². The molecule has 1 amide bonds. The number of aromatic nitrogens is 2. The Kier molecular flexibility index (Phi) is 5.32. The number of halogens is 1. The number of carbonyl (C=O) groups is 1. The molecule has 1 aliphatic rings. The molecule has 140 valence electrons. The molecule has 0 atom stereocenters. The summed E-state index contributed by atoms with van der Waals surface area (Å²) in [5.41, 5.74) is 1.63. The number of hydrogen-bond acceptors (Lipinski definition) is 3. The molecule has 1 aromatic carbocycles. The molecule has 6 heteroatoms. The maximum Gasteiger partial charge on any atom is 0.230 e. The Morgan fingerprint density at radius 3 is 2.67 bits per heavy atom. The molecule has 27 heavy (non-hydrogen) atoms. The topological polar surface area (TPSA) is 46.9 Å². The number of rotatable bonds is 6. The van der Waals surface area contributed by atoms with Gasteiger partial charge in [-0.1, -0.05) is 42.6 Å². The Bertz CT molecular complexity index is 896. The van der Waals surface area contributed by atoms with Crippen molar-refractivity contribution in [3.8, 4) is 10.6 Å². The summed E-state index contributed by atoms with van der Waals surface area (Å²) in [5, 5.41) is 10.5. The fourth-order valence-corrected chi connectivity index (χ4v) is 4.71. The van der Waals surface area contributed by atoms with Crippen LogP contribution < -0.4 is 5.32 Å². The normalized spacial score (nSPS) is 15.7. The summed E-state index contributed by atoms with van der Waals surface area (Å²) in [6.45, 7) is 1.23. The Morgan fingerprint density at radius 1 is 1.19 bits per heavy atom. The van der Waals surface area contributed by atoms with Gasteiger partial charge in [0.2, 0.25) is 5.91 Å².